The van der Waals surface area contributed by atoms with Gasteiger partial charge in [0.25, 0.3) is 0 Å². The second-order valence-electron chi connectivity index (χ2n) is 6.21. The summed E-state index contributed by atoms with van der Waals surface area (Å²) in [5.74, 6) is 0.928. The Morgan fingerprint density at radius 1 is 1.27 bits per heavy atom. The summed E-state index contributed by atoms with van der Waals surface area (Å²) in [5, 5.41) is 15.7. The predicted molar refractivity (Wildman–Crippen MR) is 83.3 cm³/mol. The molecule has 1 unspecified atom stereocenters. The molecule has 118 valence electrons. The fraction of sp³-hybridized carbons (Fsp3) is 0.533. The molecule has 3 atom stereocenters. The first-order valence-electron chi connectivity index (χ1n) is 7.75. The van der Waals surface area contributed by atoms with E-state index in [0.717, 1.165) is 25.3 Å². The zero-order chi connectivity index (χ0) is 15.1. The third-order valence-corrected chi connectivity index (χ3v) is 4.89. The van der Waals surface area contributed by atoms with Gasteiger partial charge in [0.05, 0.1) is 12.8 Å². The number of aliphatic hydroxyl groups is 1. The van der Waals surface area contributed by atoms with Crippen LogP contribution in [0, 0.1) is 0 Å². The number of likely N-dealkylation sites (tertiary alicyclic amines) is 2. The molecule has 0 radical (unpaired) electrons. The lowest BCUT2D eigenvalue weighted by Gasteiger charge is -2.38. The number of hydrogen-bond donors (Lipinski definition) is 3. The molecule has 3 aliphatic rings. The standard InChI is InChI=1S/C15H22N6O/c1-19-17-15(16-18-19)14(11-5-3-2-4-6-11)21-9-12-7-13(21)8-20(12)10-22/h2-6,12-14,18,22H,7-10H2,1H3,(H,16,17)/t12-,13-,14?/m0/s1. The SMILES string of the molecule is CN1N=C(C(c2ccccc2)N2C[C@@H]3C[C@H]2CN3CO)NN1. The highest BCUT2D eigenvalue weighted by molar-refractivity contribution is 5.88. The van der Waals surface area contributed by atoms with E-state index in [4.69, 9.17) is 0 Å². The van der Waals surface area contributed by atoms with Crippen molar-refractivity contribution in [2.45, 2.75) is 24.5 Å². The first kappa shape index (κ1) is 14.0. The van der Waals surface area contributed by atoms with E-state index in [1.165, 1.54) is 5.56 Å². The van der Waals surface area contributed by atoms with Crippen LogP contribution in [-0.2, 0) is 0 Å². The Morgan fingerprint density at radius 3 is 2.68 bits per heavy atom. The van der Waals surface area contributed by atoms with Crippen molar-refractivity contribution in [3.05, 3.63) is 35.9 Å². The topological polar surface area (TPSA) is 66.4 Å². The van der Waals surface area contributed by atoms with E-state index < -0.39 is 0 Å². The van der Waals surface area contributed by atoms with Gasteiger partial charge in [-0.15, -0.1) is 10.6 Å². The zero-order valence-corrected chi connectivity index (χ0v) is 12.7. The Hall–Kier alpha value is -1.67. The average molecular weight is 302 g/mol. The van der Waals surface area contributed by atoms with Crippen molar-refractivity contribution in [1.82, 2.24) is 25.9 Å². The molecule has 2 saturated heterocycles. The monoisotopic (exact) mass is 302 g/mol. The van der Waals surface area contributed by atoms with Gasteiger partial charge in [0.2, 0.25) is 0 Å². The normalized spacial score (nSPS) is 29.7. The summed E-state index contributed by atoms with van der Waals surface area (Å²) in [5.41, 5.74) is 7.44. The summed E-state index contributed by atoms with van der Waals surface area (Å²) < 4.78 is 0. The third-order valence-electron chi connectivity index (χ3n) is 4.89. The van der Waals surface area contributed by atoms with E-state index in [2.05, 4.69) is 50.1 Å². The second-order valence-corrected chi connectivity index (χ2v) is 6.21. The van der Waals surface area contributed by atoms with Crippen LogP contribution in [0.5, 0.6) is 0 Å². The maximum atomic E-state index is 9.43. The van der Waals surface area contributed by atoms with Gasteiger partial charge < -0.3 is 5.11 Å². The van der Waals surface area contributed by atoms with Crippen molar-refractivity contribution < 1.29 is 5.11 Å². The minimum absolute atomic E-state index is 0.120. The number of nitrogens with zero attached hydrogens (tertiary/aromatic N) is 4. The number of aliphatic hydroxyl groups excluding tert-OH is 1. The molecule has 0 amide bonds. The van der Waals surface area contributed by atoms with E-state index in [9.17, 15) is 5.11 Å². The summed E-state index contributed by atoms with van der Waals surface area (Å²) in [6.45, 7) is 2.06. The number of rotatable bonds is 4. The average Bonchev–Trinajstić information content (AvgIpc) is 3.24. The van der Waals surface area contributed by atoms with Crippen LogP contribution in [0.25, 0.3) is 0 Å². The van der Waals surface area contributed by atoms with Crippen LogP contribution in [0.1, 0.15) is 18.0 Å². The van der Waals surface area contributed by atoms with Gasteiger partial charge in [0.1, 0.15) is 0 Å². The molecule has 1 aromatic carbocycles. The molecule has 2 fully saturated rings. The van der Waals surface area contributed by atoms with Crippen LogP contribution in [0.2, 0.25) is 0 Å². The quantitative estimate of drug-likeness (QED) is 0.710. The Bertz CT molecular complexity index is 564. The Balaban J connectivity index is 1.64. The molecule has 22 heavy (non-hydrogen) atoms. The van der Waals surface area contributed by atoms with Crippen LogP contribution in [0.4, 0.5) is 0 Å². The lowest BCUT2D eigenvalue weighted by Crippen LogP contribution is -2.51. The molecule has 3 aliphatic heterocycles. The van der Waals surface area contributed by atoms with Crippen LogP contribution >= 0.6 is 0 Å². The molecule has 7 nitrogen and oxygen atoms in total. The van der Waals surface area contributed by atoms with Crippen molar-refractivity contribution in [3.8, 4) is 0 Å². The largest absolute Gasteiger partial charge is 0.381 e. The Kier molecular flexibility index (Phi) is 3.50. The van der Waals surface area contributed by atoms with Crippen molar-refractivity contribution in [2.75, 3.05) is 26.9 Å². The van der Waals surface area contributed by atoms with E-state index in [1.54, 1.807) is 5.12 Å². The number of nitrogens with one attached hydrogen (secondary N) is 2. The molecule has 1 aromatic rings. The maximum Gasteiger partial charge on any atom is 0.161 e. The van der Waals surface area contributed by atoms with Gasteiger partial charge in [0, 0.05) is 32.2 Å². The molecule has 3 N–H and O–H groups in total. The smallest absolute Gasteiger partial charge is 0.161 e. The molecule has 3 heterocycles. The molecular weight excluding hydrogens is 280 g/mol. The zero-order valence-electron chi connectivity index (χ0n) is 12.7. The number of hydrogen-bond acceptors (Lipinski definition) is 7. The van der Waals surface area contributed by atoms with E-state index in [-0.39, 0.29) is 12.8 Å². The fourth-order valence-corrected chi connectivity index (χ4v) is 3.88. The summed E-state index contributed by atoms with van der Waals surface area (Å²) in [6.07, 6.45) is 1.13. The number of benzene rings is 1. The number of hydrazine groups is 2. The highest BCUT2D eigenvalue weighted by atomic mass is 16.3. The van der Waals surface area contributed by atoms with Crippen LogP contribution < -0.4 is 11.0 Å². The molecule has 0 aliphatic carbocycles. The number of fused-ring (bicyclic) bond motifs is 2. The molecule has 0 saturated carbocycles. The highest BCUT2D eigenvalue weighted by Gasteiger charge is 2.47. The molecular formula is C15H22N6O. The van der Waals surface area contributed by atoms with Gasteiger partial charge in [-0.05, 0) is 12.0 Å². The van der Waals surface area contributed by atoms with Gasteiger partial charge in [-0.25, -0.2) is 5.12 Å². The summed E-state index contributed by atoms with van der Waals surface area (Å²) in [4.78, 5) is 4.68. The Morgan fingerprint density at radius 2 is 2.09 bits per heavy atom. The predicted octanol–water partition coefficient (Wildman–Crippen LogP) is -0.296. The van der Waals surface area contributed by atoms with E-state index in [1.807, 2.05) is 13.1 Å². The summed E-state index contributed by atoms with van der Waals surface area (Å²) in [6, 6.07) is 11.5. The summed E-state index contributed by atoms with van der Waals surface area (Å²) in [7, 11) is 1.88. The molecule has 0 spiro atoms. The minimum Gasteiger partial charge on any atom is -0.381 e. The Labute approximate surface area is 130 Å². The van der Waals surface area contributed by atoms with E-state index >= 15 is 0 Å². The maximum absolute atomic E-state index is 9.43. The number of amidine groups is 1. The third kappa shape index (κ3) is 2.26. The minimum atomic E-state index is 0.120. The lowest BCUT2D eigenvalue weighted by atomic mass is 10.0. The first-order valence-corrected chi connectivity index (χ1v) is 7.75. The van der Waals surface area contributed by atoms with Crippen molar-refractivity contribution in [3.63, 3.8) is 0 Å². The van der Waals surface area contributed by atoms with Gasteiger partial charge in [-0.3, -0.25) is 15.2 Å². The van der Waals surface area contributed by atoms with Crippen LogP contribution in [0.3, 0.4) is 0 Å². The second kappa shape index (κ2) is 5.51. The first-order chi connectivity index (χ1) is 10.8. The van der Waals surface area contributed by atoms with Crippen molar-refractivity contribution in [1.29, 1.82) is 0 Å². The number of piperazine rings is 1. The lowest BCUT2D eigenvalue weighted by molar-refractivity contribution is 0.0435. The van der Waals surface area contributed by atoms with Crippen LogP contribution in [0.15, 0.2) is 35.4 Å². The van der Waals surface area contributed by atoms with Gasteiger partial charge in [-0.1, -0.05) is 30.3 Å². The van der Waals surface area contributed by atoms with Crippen molar-refractivity contribution in [2.24, 2.45) is 5.10 Å². The molecule has 2 bridgehead atoms. The van der Waals surface area contributed by atoms with Crippen LogP contribution in [-0.4, -0.2) is 64.8 Å². The fourth-order valence-electron chi connectivity index (χ4n) is 3.88. The van der Waals surface area contributed by atoms with Gasteiger partial charge in [0.15, 0.2) is 5.84 Å². The number of hydrazone groups is 1. The molecule has 7 heteroatoms. The molecule has 0 aromatic heterocycles. The van der Waals surface area contributed by atoms with Gasteiger partial charge in [-0.2, -0.15) is 0 Å². The molecule has 4 rings (SSSR count). The highest BCUT2D eigenvalue weighted by Crippen LogP contribution is 2.37. The van der Waals surface area contributed by atoms with Gasteiger partial charge >= 0.3 is 0 Å². The van der Waals surface area contributed by atoms with E-state index in [0.29, 0.717) is 12.1 Å². The van der Waals surface area contributed by atoms with Crippen molar-refractivity contribution >= 4 is 5.84 Å². The summed E-state index contributed by atoms with van der Waals surface area (Å²) >= 11 is 0.